The quantitative estimate of drug-likeness (QED) is 0.467. The van der Waals surface area contributed by atoms with Crippen LogP contribution >= 0.6 is 0 Å². The van der Waals surface area contributed by atoms with Crippen LogP contribution in [0.1, 0.15) is 6.92 Å². The smallest absolute Gasteiger partial charge is 0.106 e. The standard InChI is InChI=1S/C9H14N2O/c1-3-11-6-4-5-9(8-11)7-10-12-2/h4-5,7-8H,3,6H2,1-2H3. The number of nitrogens with zero attached hydrogens (tertiary/aromatic N) is 2. The Hall–Kier alpha value is -1.25. The molecule has 3 heteroatoms. The maximum Gasteiger partial charge on any atom is 0.106 e. The van der Waals surface area contributed by atoms with Crippen LogP contribution in [-0.2, 0) is 4.84 Å². The van der Waals surface area contributed by atoms with Crippen molar-refractivity contribution in [1.82, 2.24) is 4.90 Å². The molecule has 0 saturated heterocycles. The van der Waals surface area contributed by atoms with Gasteiger partial charge in [-0.25, -0.2) is 0 Å². The predicted molar refractivity (Wildman–Crippen MR) is 50.0 cm³/mol. The van der Waals surface area contributed by atoms with Crippen molar-refractivity contribution in [2.24, 2.45) is 5.16 Å². The Morgan fingerprint density at radius 1 is 1.75 bits per heavy atom. The molecule has 1 rings (SSSR count). The first-order valence-electron chi connectivity index (χ1n) is 4.05. The van der Waals surface area contributed by atoms with E-state index in [4.69, 9.17) is 0 Å². The lowest BCUT2D eigenvalue weighted by atomic mass is 10.2. The lowest BCUT2D eigenvalue weighted by molar-refractivity contribution is 0.215. The summed E-state index contributed by atoms with van der Waals surface area (Å²) in [4.78, 5) is 6.80. The van der Waals surface area contributed by atoms with Gasteiger partial charge in [0.15, 0.2) is 0 Å². The van der Waals surface area contributed by atoms with Gasteiger partial charge < -0.3 is 9.74 Å². The van der Waals surface area contributed by atoms with Crippen LogP contribution in [0.3, 0.4) is 0 Å². The van der Waals surface area contributed by atoms with E-state index in [-0.39, 0.29) is 0 Å². The van der Waals surface area contributed by atoms with Gasteiger partial charge in [-0.2, -0.15) is 0 Å². The molecule has 0 aromatic rings. The molecule has 0 radical (unpaired) electrons. The van der Waals surface area contributed by atoms with Gasteiger partial charge in [0.25, 0.3) is 0 Å². The van der Waals surface area contributed by atoms with Crippen LogP contribution in [0.15, 0.2) is 29.1 Å². The molecule has 0 aromatic carbocycles. The molecule has 12 heavy (non-hydrogen) atoms. The average Bonchev–Trinajstić information content (AvgIpc) is 2.15. The first-order valence-corrected chi connectivity index (χ1v) is 4.05. The van der Waals surface area contributed by atoms with Crippen molar-refractivity contribution in [3.05, 3.63) is 23.9 Å². The predicted octanol–water partition coefficient (Wildman–Crippen LogP) is 1.39. The van der Waals surface area contributed by atoms with Crippen molar-refractivity contribution < 1.29 is 4.84 Å². The molecule has 0 unspecified atom stereocenters. The Labute approximate surface area is 73.0 Å². The minimum absolute atomic E-state index is 0.987. The van der Waals surface area contributed by atoms with Crippen LogP contribution in [0, 0.1) is 0 Å². The third-order valence-electron chi connectivity index (χ3n) is 1.70. The lowest BCUT2D eigenvalue weighted by Gasteiger charge is -2.19. The Kier molecular flexibility index (Phi) is 3.38. The first kappa shape index (κ1) is 8.84. The number of rotatable bonds is 3. The van der Waals surface area contributed by atoms with Crippen molar-refractivity contribution in [3.63, 3.8) is 0 Å². The molecule has 1 heterocycles. The first-order chi connectivity index (χ1) is 5.86. The fourth-order valence-electron chi connectivity index (χ4n) is 1.04. The molecule has 1 aliphatic heterocycles. The van der Waals surface area contributed by atoms with Crippen LogP contribution in [0.5, 0.6) is 0 Å². The van der Waals surface area contributed by atoms with Gasteiger partial charge >= 0.3 is 0 Å². The van der Waals surface area contributed by atoms with E-state index in [0.29, 0.717) is 0 Å². The number of hydrogen-bond donors (Lipinski definition) is 0. The Balaban J connectivity index is 2.57. The van der Waals surface area contributed by atoms with Crippen LogP contribution in [-0.4, -0.2) is 31.3 Å². The van der Waals surface area contributed by atoms with Gasteiger partial charge in [-0.3, -0.25) is 0 Å². The Bertz CT molecular complexity index is 219. The molecule has 0 amide bonds. The summed E-state index contributed by atoms with van der Waals surface area (Å²) in [5.41, 5.74) is 1.07. The van der Waals surface area contributed by atoms with Crippen molar-refractivity contribution in [3.8, 4) is 0 Å². The van der Waals surface area contributed by atoms with Crippen molar-refractivity contribution in [2.45, 2.75) is 6.92 Å². The SMILES string of the molecule is CCN1C=C(C=NOC)C=CC1. The molecule has 66 valence electrons. The molecule has 1 aliphatic rings. The second-order valence-corrected chi connectivity index (χ2v) is 2.54. The summed E-state index contributed by atoms with van der Waals surface area (Å²) >= 11 is 0. The van der Waals surface area contributed by atoms with E-state index in [1.165, 1.54) is 0 Å². The molecule has 0 fully saturated rings. The minimum atomic E-state index is 0.987. The highest BCUT2D eigenvalue weighted by atomic mass is 16.6. The number of oxime groups is 1. The van der Waals surface area contributed by atoms with E-state index in [9.17, 15) is 0 Å². The zero-order valence-electron chi connectivity index (χ0n) is 7.53. The summed E-state index contributed by atoms with van der Waals surface area (Å²) in [5, 5.41) is 3.69. The summed E-state index contributed by atoms with van der Waals surface area (Å²) in [5.74, 6) is 0. The van der Waals surface area contributed by atoms with E-state index < -0.39 is 0 Å². The van der Waals surface area contributed by atoms with E-state index >= 15 is 0 Å². The molecule has 0 aromatic heterocycles. The van der Waals surface area contributed by atoms with Gasteiger partial charge in [0.05, 0.1) is 6.21 Å². The summed E-state index contributed by atoms with van der Waals surface area (Å²) in [7, 11) is 1.54. The summed E-state index contributed by atoms with van der Waals surface area (Å²) in [6, 6.07) is 0. The zero-order chi connectivity index (χ0) is 8.81. The third-order valence-corrected chi connectivity index (χ3v) is 1.70. The van der Waals surface area contributed by atoms with Crippen LogP contribution in [0.25, 0.3) is 0 Å². The van der Waals surface area contributed by atoms with Gasteiger partial charge in [-0.15, -0.1) is 0 Å². The average molecular weight is 166 g/mol. The summed E-state index contributed by atoms with van der Waals surface area (Å²) in [6.07, 6.45) is 7.93. The normalized spacial score (nSPS) is 16.8. The van der Waals surface area contributed by atoms with Crippen LogP contribution < -0.4 is 0 Å². The maximum atomic E-state index is 4.59. The van der Waals surface area contributed by atoms with E-state index in [1.54, 1.807) is 13.3 Å². The topological polar surface area (TPSA) is 24.8 Å². The molecule has 0 bridgehead atoms. The van der Waals surface area contributed by atoms with Crippen molar-refractivity contribution in [2.75, 3.05) is 20.2 Å². The molecule has 0 spiro atoms. The molecule has 0 saturated carbocycles. The maximum absolute atomic E-state index is 4.59. The highest BCUT2D eigenvalue weighted by Crippen LogP contribution is 2.04. The van der Waals surface area contributed by atoms with Gasteiger partial charge in [0, 0.05) is 24.9 Å². The largest absolute Gasteiger partial charge is 0.399 e. The molecular formula is C9H14N2O. The Morgan fingerprint density at radius 2 is 2.58 bits per heavy atom. The monoisotopic (exact) mass is 166 g/mol. The fraction of sp³-hybridized carbons (Fsp3) is 0.444. The number of hydrogen-bond acceptors (Lipinski definition) is 3. The Morgan fingerprint density at radius 3 is 3.25 bits per heavy atom. The van der Waals surface area contributed by atoms with Crippen LogP contribution in [0.4, 0.5) is 0 Å². The van der Waals surface area contributed by atoms with Crippen molar-refractivity contribution >= 4 is 6.21 Å². The van der Waals surface area contributed by atoms with Gasteiger partial charge in [-0.1, -0.05) is 17.3 Å². The summed E-state index contributed by atoms with van der Waals surface area (Å²) in [6.45, 7) is 4.14. The highest BCUT2D eigenvalue weighted by molar-refractivity contribution is 5.81. The third kappa shape index (κ3) is 2.42. The zero-order valence-corrected chi connectivity index (χ0v) is 7.53. The van der Waals surface area contributed by atoms with Crippen LogP contribution in [0.2, 0.25) is 0 Å². The number of likely N-dealkylation sites (N-methyl/N-ethyl adjacent to an activating group) is 1. The van der Waals surface area contributed by atoms with Gasteiger partial charge in [0.1, 0.15) is 7.11 Å². The van der Waals surface area contributed by atoms with E-state index in [1.807, 2.05) is 6.08 Å². The van der Waals surface area contributed by atoms with E-state index in [0.717, 1.165) is 18.7 Å². The second kappa shape index (κ2) is 4.59. The van der Waals surface area contributed by atoms with Gasteiger partial charge in [0.2, 0.25) is 0 Å². The molecule has 0 aliphatic carbocycles. The molecular weight excluding hydrogens is 152 g/mol. The van der Waals surface area contributed by atoms with E-state index in [2.05, 4.69) is 34.1 Å². The van der Waals surface area contributed by atoms with Crippen molar-refractivity contribution in [1.29, 1.82) is 0 Å². The number of allylic oxidation sites excluding steroid dienone is 2. The molecule has 3 nitrogen and oxygen atoms in total. The minimum Gasteiger partial charge on any atom is -0.399 e. The highest BCUT2D eigenvalue weighted by Gasteiger charge is 2.00. The molecule has 0 atom stereocenters. The molecule has 0 N–H and O–H groups in total. The summed E-state index contributed by atoms with van der Waals surface area (Å²) < 4.78 is 0. The fourth-order valence-corrected chi connectivity index (χ4v) is 1.04. The van der Waals surface area contributed by atoms with Gasteiger partial charge in [-0.05, 0) is 6.92 Å². The second-order valence-electron chi connectivity index (χ2n) is 2.54. The lowest BCUT2D eigenvalue weighted by Crippen LogP contribution is -2.19.